The summed E-state index contributed by atoms with van der Waals surface area (Å²) in [5.74, 6) is -0.402. The number of benzene rings is 1. The fourth-order valence-electron chi connectivity index (χ4n) is 1.20. The monoisotopic (exact) mass is 194 g/mol. The standard InChI is InChI=1S/C10H14N2O2/c1-12-6-7-3-4-9(11)8(5-7)10(13)14-2/h3-5,12H,6,11H2,1-2H3. The number of nitrogens with one attached hydrogen (secondary N) is 1. The van der Waals surface area contributed by atoms with E-state index in [4.69, 9.17) is 5.73 Å². The van der Waals surface area contributed by atoms with E-state index in [2.05, 4.69) is 10.1 Å². The first-order valence-corrected chi connectivity index (χ1v) is 4.30. The number of methoxy groups -OCH3 is 1. The third-order valence-corrected chi connectivity index (χ3v) is 1.90. The van der Waals surface area contributed by atoms with Crippen LogP contribution in [0.1, 0.15) is 15.9 Å². The van der Waals surface area contributed by atoms with Crippen molar-refractivity contribution in [2.75, 3.05) is 19.9 Å². The van der Waals surface area contributed by atoms with E-state index < -0.39 is 5.97 Å². The van der Waals surface area contributed by atoms with Crippen molar-refractivity contribution in [1.29, 1.82) is 0 Å². The van der Waals surface area contributed by atoms with Crippen LogP contribution in [0.25, 0.3) is 0 Å². The third-order valence-electron chi connectivity index (χ3n) is 1.90. The molecule has 0 aliphatic rings. The number of hydrogen-bond acceptors (Lipinski definition) is 4. The molecular formula is C10H14N2O2. The largest absolute Gasteiger partial charge is 0.465 e. The lowest BCUT2D eigenvalue weighted by Crippen LogP contribution is -2.09. The minimum Gasteiger partial charge on any atom is -0.465 e. The highest BCUT2D eigenvalue weighted by Crippen LogP contribution is 2.15. The van der Waals surface area contributed by atoms with Gasteiger partial charge in [0.2, 0.25) is 0 Å². The molecule has 14 heavy (non-hydrogen) atoms. The van der Waals surface area contributed by atoms with E-state index in [9.17, 15) is 4.79 Å². The number of nitrogen functional groups attached to an aromatic ring is 1. The van der Waals surface area contributed by atoms with E-state index >= 15 is 0 Å². The number of esters is 1. The average molecular weight is 194 g/mol. The van der Waals surface area contributed by atoms with Gasteiger partial charge in [0.15, 0.2) is 0 Å². The smallest absolute Gasteiger partial charge is 0.339 e. The predicted molar refractivity (Wildman–Crippen MR) is 55.0 cm³/mol. The lowest BCUT2D eigenvalue weighted by molar-refractivity contribution is 0.0602. The molecule has 0 radical (unpaired) electrons. The molecule has 76 valence electrons. The Balaban J connectivity index is 3.01. The van der Waals surface area contributed by atoms with Crippen molar-refractivity contribution in [3.8, 4) is 0 Å². The highest BCUT2D eigenvalue weighted by atomic mass is 16.5. The van der Waals surface area contributed by atoms with Crippen LogP contribution in [-0.2, 0) is 11.3 Å². The minimum atomic E-state index is -0.402. The van der Waals surface area contributed by atoms with Crippen molar-refractivity contribution < 1.29 is 9.53 Å². The van der Waals surface area contributed by atoms with Crippen molar-refractivity contribution in [3.05, 3.63) is 29.3 Å². The van der Waals surface area contributed by atoms with Gasteiger partial charge in [-0.3, -0.25) is 0 Å². The van der Waals surface area contributed by atoms with Gasteiger partial charge in [0.05, 0.1) is 12.7 Å². The molecule has 4 nitrogen and oxygen atoms in total. The van der Waals surface area contributed by atoms with Crippen LogP contribution in [-0.4, -0.2) is 20.1 Å². The van der Waals surface area contributed by atoms with Gasteiger partial charge in [0, 0.05) is 12.2 Å². The summed E-state index contributed by atoms with van der Waals surface area (Å²) in [5.41, 5.74) is 7.50. The van der Waals surface area contributed by atoms with E-state index in [1.165, 1.54) is 7.11 Å². The van der Waals surface area contributed by atoms with Crippen molar-refractivity contribution in [1.82, 2.24) is 5.32 Å². The molecule has 4 heteroatoms. The van der Waals surface area contributed by atoms with Crippen LogP contribution < -0.4 is 11.1 Å². The maximum Gasteiger partial charge on any atom is 0.339 e. The number of nitrogens with two attached hydrogens (primary N) is 1. The van der Waals surface area contributed by atoms with Gasteiger partial charge in [0.25, 0.3) is 0 Å². The molecule has 0 aliphatic carbocycles. The van der Waals surface area contributed by atoms with Gasteiger partial charge >= 0.3 is 5.97 Å². The highest BCUT2D eigenvalue weighted by Gasteiger charge is 2.09. The molecule has 0 atom stereocenters. The minimum absolute atomic E-state index is 0.402. The van der Waals surface area contributed by atoms with Gasteiger partial charge in [-0.05, 0) is 24.7 Å². The summed E-state index contributed by atoms with van der Waals surface area (Å²) in [4.78, 5) is 11.3. The van der Waals surface area contributed by atoms with Crippen LogP contribution in [0.2, 0.25) is 0 Å². The average Bonchev–Trinajstić information content (AvgIpc) is 2.20. The molecule has 0 saturated heterocycles. The van der Waals surface area contributed by atoms with Gasteiger partial charge in [-0.25, -0.2) is 4.79 Å². The normalized spacial score (nSPS) is 9.86. The quantitative estimate of drug-likeness (QED) is 0.551. The SMILES string of the molecule is CNCc1ccc(N)c(C(=O)OC)c1. The summed E-state index contributed by atoms with van der Waals surface area (Å²) in [6.07, 6.45) is 0. The lowest BCUT2D eigenvalue weighted by Gasteiger charge is -2.06. The van der Waals surface area contributed by atoms with Gasteiger partial charge in [-0.1, -0.05) is 6.07 Å². The third kappa shape index (κ3) is 2.23. The van der Waals surface area contributed by atoms with Crippen molar-refractivity contribution in [2.24, 2.45) is 0 Å². The number of rotatable bonds is 3. The molecule has 0 fully saturated rings. The lowest BCUT2D eigenvalue weighted by atomic mass is 10.1. The Bertz CT molecular complexity index is 337. The molecule has 0 aliphatic heterocycles. The van der Waals surface area contributed by atoms with E-state index in [0.717, 1.165) is 5.56 Å². The highest BCUT2D eigenvalue weighted by molar-refractivity contribution is 5.95. The Labute approximate surface area is 83.1 Å². The van der Waals surface area contributed by atoms with Crippen LogP contribution in [0.5, 0.6) is 0 Å². The van der Waals surface area contributed by atoms with Crippen LogP contribution in [0, 0.1) is 0 Å². The molecule has 1 aromatic carbocycles. The number of ether oxygens (including phenoxy) is 1. The second-order valence-corrected chi connectivity index (χ2v) is 2.94. The Morgan fingerprint density at radius 1 is 1.57 bits per heavy atom. The van der Waals surface area contributed by atoms with Crippen molar-refractivity contribution in [2.45, 2.75) is 6.54 Å². The van der Waals surface area contributed by atoms with E-state index in [1.54, 1.807) is 12.1 Å². The fourth-order valence-corrected chi connectivity index (χ4v) is 1.20. The fraction of sp³-hybridized carbons (Fsp3) is 0.300. The van der Waals surface area contributed by atoms with E-state index in [1.807, 2.05) is 13.1 Å². The summed E-state index contributed by atoms with van der Waals surface area (Å²) in [6.45, 7) is 0.699. The molecule has 0 amide bonds. The van der Waals surface area contributed by atoms with E-state index in [-0.39, 0.29) is 0 Å². The molecular weight excluding hydrogens is 180 g/mol. The molecule has 0 bridgehead atoms. The summed E-state index contributed by atoms with van der Waals surface area (Å²) in [5, 5.41) is 2.99. The zero-order valence-electron chi connectivity index (χ0n) is 8.33. The summed E-state index contributed by atoms with van der Waals surface area (Å²) in [7, 11) is 3.18. The summed E-state index contributed by atoms with van der Waals surface area (Å²) >= 11 is 0. The first-order chi connectivity index (χ1) is 6.69. The van der Waals surface area contributed by atoms with Crippen LogP contribution in [0.3, 0.4) is 0 Å². The second kappa shape index (κ2) is 4.62. The molecule has 1 rings (SSSR count). The van der Waals surface area contributed by atoms with E-state index in [0.29, 0.717) is 17.8 Å². The molecule has 1 aromatic rings. The van der Waals surface area contributed by atoms with Gasteiger partial charge < -0.3 is 15.8 Å². The van der Waals surface area contributed by atoms with Crippen molar-refractivity contribution >= 4 is 11.7 Å². The first kappa shape index (κ1) is 10.5. The summed E-state index contributed by atoms with van der Waals surface area (Å²) in [6, 6.07) is 5.31. The Hall–Kier alpha value is -1.55. The van der Waals surface area contributed by atoms with Gasteiger partial charge in [0.1, 0.15) is 0 Å². The molecule has 0 heterocycles. The van der Waals surface area contributed by atoms with Crippen LogP contribution in [0.15, 0.2) is 18.2 Å². The predicted octanol–water partition coefficient (Wildman–Crippen LogP) is 0.775. The van der Waals surface area contributed by atoms with Crippen molar-refractivity contribution in [3.63, 3.8) is 0 Å². The molecule has 3 N–H and O–H groups in total. The molecule has 0 unspecified atom stereocenters. The van der Waals surface area contributed by atoms with Gasteiger partial charge in [-0.15, -0.1) is 0 Å². The molecule has 0 aromatic heterocycles. The van der Waals surface area contributed by atoms with Crippen LogP contribution in [0.4, 0.5) is 5.69 Å². The Morgan fingerprint density at radius 2 is 2.29 bits per heavy atom. The molecule has 0 saturated carbocycles. The number of hydrogen-bond donors (Lipinski definition) is 2. The second-order valence-electron chi connectivity index (χ2n) is 2.94. The van der Waals surface area contributed by atoms with Crippen LogP contribution >= 0.6 is 0 Å². The number of carbonyl (C=O) groups excluding carboxylic acids is 1. The molecule has 0 spiro atoms. The Morgan fingerprint density at radius 3 is 2.86 bits per heavy atom. The topological polar surface area (TPSA) is 64.3 Å². The zero-order valence-corrected chi connectivity index (χ0v) is 8.33. The Kier molecular flexibility index (Phi) is 3.48. The van der Waals surface area contributed by atoms with Gasteiger partial charge in [-0.2, -0.15) is 0 Å². The maximum atomic E-state index is 11.3. The number of carbonyl (C=O) groups is 1. The first-order valence-electron chi connectivity index (χ1n) is 4.30. The number of anilines is 1. The summed E-state index contributed by atoms with van der Waals surface area (Å²) < 4.78 is 4.61. The zero-order chi connectivity index (χ0) is 10.6. The maximum absolute atomic E-state index is 11.3.